The van der Waals surface area contributed by atoms with E-state index in [9.17, 15) is 4.79 Å². The molecule has 1 amide bonds. The topological polar surface area (TPSA) is 53.8 Å². The maximum atomic E-state index is 11.8. The van der Waals surface area contributed by atoms with Crippen LogP contribution in [0.3, 0.4) is 0 Å². The number of nitrogens with one attached hydrogen (secondary N) is 1. The molecule has 0 fully saturated rings. The zero-order chi connectivity index (χ0) is 14.5. The van der Waals surface area contributed by atoms with E-state index in [1.165, 1.54) is 0 Å². The number of thioether (sulfide) groups is 1. The quantitative estimate of drug-likeness (QED) is 0.881. The largest absolute Gasteiger partial charge is 0.291 e. The minimum absolute atomic E-state index is 0.248. The number of carbonyl (C=O) groups excluding carboxylic acids is 1. The number of nitrogens with zero attached hydrogens (tertiary/aromatic N) is 2. The lowest BCUT2D eigenvalue weighted by Crippen LogP contribution is -2.23. The molecule has 2 aromatic rings. The predicted molar refractivity (Wildman–Crippen MR) is 86.3 cm³/mol. The molecule has 1 heterocycles. The van der Waals surface area contributed by atoms with Gasteiger partial charge in [-0.2, -0.15) is 5.10 Å². The van der Waals surface area contributed by atoms with Crippen molar-refractivity contribution in [3.63, 3.8) is 0 Å². The molecule has 1 aliphatic rings. The number of hydrogen-bond donors (Lipinski definition) is 1. The molecule has 1 aliphatic heterocycles. The number of hydrazone groups is 1. The van der Waals surface area contributed by atoms with Gasteiger partial charge in [-0.25, -0.2) is 10.4 Å². The van der Waals surface area contributed by atoms with Crippen LogP contribution < -0.4 is 5.43 Å². The van der Waals surface area contributed by atoms with Crippen LogP contribution in [0, 0.1) is 0 Å². The van der Waals surface area contributed by atoms with Gasteiger partial charge in [0.05, 0.1) is 5.69 Å². The maximum absolute atomic E-state index is 11.8. The van der Waals surface area contributed by atoms with Crippen LogP contribution in [0.4, 0.5) is 5.69 Å². The molecule has 0 unspecified atom stereocenters. The summed E-state index contributed by atoms with van der Waals surface area (Å²) >= 11 is 1.63. The van der Waals surface area contributed by atoms with Crippen LogP contribution >= 0.6 is 11.8 Å². The highest BCUT2D eigenvalue weighted by molar-refractivity contribution is 8.00. The minimum atomic E-state index is -0.248. The third kappa shape index (κ3) is 3.38. The highest BCUT2D eigenvalue weighted by Crippen LogP contribution is 2.19. The van der Waals surface area contributed by atoms with Gasteiger partial charge in [-0.15, -0.1) is 11.8 Å². The molecule has 0 atom stereocenters. The van der Waals surface area contributed by atoms with Crippen LogP contribution in [0.1, 0.15) is 0 Å². The van der Waals surface area contributed by atoms with Gasteiger partial charge < -0.3 is 0 Å². The summed E-state index contributed by atoms with van der Waals surface area (Å²) in [5, 5.41) is 4.07. The zero-order valence-corrected chi connectivity index (χ0v) is 12.0. The third-order valence-corrected chi connectivity index (χ3v) is 3.92. The molecule has 1 N–H and O–H groups in total. The Morgan fingerprint density at radius 2 is 1.67 bits per heavy atom. The van der Waals surface area contributed by atoms with E-state index in [2.05, 4.69) is 15.5 Å². The van der Waals surface area contributed by atoms with Crippen molar-refractivity contribution in [3.8, 4) is 0 Å². The Balaban J connectivity index is 1.75. The summed E-state index contributed by atoms with van der Waals surface area (Å²) in [6, 6.07) is 19.4. The Labute approximate surface area is 127 Å². The lowest BCUT2D eigenvalue weighted by Gasteiger charge is -2.01. The fourth-order valence-electron chi connectivity index (χ4n) is 1.87. The van der Waals surface area contributed by atoms with Crippen molar-refractivity contribution in [2.45, 2.75) is 4.90 Å². The fourth-order valence-corrected chi connectivity index (χ4v) is 2.73. The standard InChI is InChI=1S/C16H13N3OS/c20-16-15(17-12-7-3-1-4-8-12)14(18-19-16)11-21-13-9-5-2-6-10-13/h1-10H,11H2,(H,17,19,20). The van der Waals surface area contributed by atoms with Crippen LogP contribution in [0.5, 0.6) is 0 Å². The summed E-state index contributed by atoms with van der Waals surface area (Å²) in [7, 11) is 0. The van der Waals surface area contributed by atoms with Crippen LogP contribution in [0.2, 0.25) is 0 Å². The van der Waals surface area contributed by atoms with Crippen molar-refractivity contribution in [2.24, 2.45) is 10.1 Å². The number of carbonyl (C=O) groups is 1. The molecular weight excluding hydrogens is 282 g/mol. The van der Waals surface area contributed by atoms with Gasteiger partial charge >= 0.3 is 0 Å². The molecule has 2 aromatic carbocycles. The molecule has 0 aromatic heterocycles. The van der Waals surface area contributed by atoms with E-state index in [0.717, 1.165) is 10.6 Å². The number of amides is 1. The predicted octanol–water partition coefficient (Wildman–Crippen LogP) is 3.04. The Bertz CT molecular complexity index is 696. The Morgan fingerprint density at radius 1 is 1.00 bits per heavy atom. The van der Waals surface area contributed by atoms with Crippen molar-refractivity contribution in [1.29, 1.82) is 0 Å². The van der Waals surface area contributed by atoms with E-state index >= 15 is 0 Å². The molecule has 3 rings (SSSR count). The van der Waals surface area contributed by atoms with Gasteiger partial charge in [0.15, 0.2) is 5.71 Å². The number of para-hydroxylation sites is 1. The Kier molecular flexibility index (Phi) is 4.12. The number of hydrogen-bond acceptors (Lipinski definition) is 4. The monoisotopic (exact) mass is 295 g/mol. The Hall–Kier alpha value is -2.40. The van der Waals surface area contributed by atoms with Crippen molar-refractivity contribution in [3.05, 3.63) is 60.7 Å². The van der Waals surface area contributed by atoms with Gasteiger partial charge in [-0.1, -0.05) is 36.4 Å². The summed E-state index contributed by atoms with van der Waals surface area (Å²) < 4.78 is 0. The van der Waals surface area contributed by atoms with Crippen LogP contribution in [0.15, 0.2) is 75.7 Å². The fraction of sp³-hybridized carbons (Fsp3) is 0.0625. The number of benzene rings is 2. The second-order valence-electron chi connectivity index (χ2n) is 4.40. The number of rotatable bonds is 4. The summed E-state index contributed by atoms with van der Waals surface area (Å²) in [4.78, 5) is 17.4. The van der Waals surface area contributed by atoms with Gasteiger partial charge in [-0.05, 0) is 24.3 Å². The molecule has 5 heteroatoms. The molecule has 21 heavy (non-hydrogen) atoms. The summed E-state index contributed by atoms with van der Waals surface area (Å²) in [5.74, 6) is 0.358. The molecule has 0 saturated heterocycles. The molecule has 0 aliphatic carbocycles. The van der Waals surface area contributed by atoms with Crippen LogP contribution in [-0.4, -0.2) is 23.1 Å². The molecule has 0 radical (unpaired) electrons. The lowest BCUT2D eigenvalue weighted by atomic mass is 10.2. The highest BCUT2D eigenvalue weighted by atomic mass is 32.2. The maximum Gasteiger partial charge on any atom is 0.291 e. The Morgan fingerprint density at radius 3 is 2.38 bits per heavy atom. The van der Waals surface area contributed by atoms with E-state index in [4.69, 9.17) is 0 Å². The van der Waals surface area contributed by atoms with Gasteiger partial charge in [0.25, 0.3) is 5.91 Å². The van der Waals surface area contributed by atoms with Gasteiger partial charge in [0.1, 0.15) is 5.71 Å². The van der Waals surface area contributed by atoms with E-state index in [-0.39, 0.29) is 5.91 Å². The lowest BCUT2D eigenvalue weighted by molar-refractivity contribution is -0.114. The van der Waals surface area contributed by atoms with E-state index in [0.29, 0.717) is 17.2 Å². The molecular formula is C16H13N3OS. The van der Waals surface area contributed by atoms with Crippen LogP contribution in [0.25, 0.3) is 0 Å². The van der Waals surface area contributed by atoms with Crippen molar-refractivity contribution >= 4 is 34.8 Å². The molecule has 0 spiro atoms. The van der Waals surface area contributed by atoms with Gasteiger partial charge in [-0.3, -0.25) is 4.79 Å². The average Bonchev–Trinajstić information content (AvgIpc) is 2.88. The van der Waals surface area contributed by atoms with Crippen molar-refractivity contribution in [2.75, 3.05) is 5.75 Å². The normalized spacial score (nSPS) is 15.9. The minimum Gasteiger partial charge on any atom is -0.265 e. The second kappa shape index (κ2) is 6.37. The van der Waals surface area contributed by atoms with Crippen molar-refractivity contribution in [1.82, 2.24) is 5.43 Å². The SMILES string of the molecule is O=C1NN=C(CSc2ccccc2)C1=Nc1ccccc1. The highest BCUT2D eigenvalue weighted by Gasteiger charge is 2.24. The first-order valence-electron chi connectivity index (χ1n) is 6.52. The van der Waals surface area contributed by atoms with Crippen LogP contribution in [-0.2, 0) is 4.79 Å². The van der Waals surface area contributed by atoms with Gasteiger partial charge in [0.2, 0.25) is 0 Å². The smallest absolute Gasteiger partial charge is 0.265 e. The molecule has 0 saturated carbocycles. The summed E-state index contributed by atoms with van der Waals surface area (Å²) in [5.41, 5.74) is 4.30. The van der Waals surface area contributed by atoms with E-state index < -0.39 is 0 Å². The average molecular weight is 295 g/mol. The number of aliphatic imine (C=N–C) groups is 1. The molecule has 4 nitrogen and oxygen atoms in total. The first-order valence-corrected chi connectivity index (χ1v) is 7.50. The molecule has 104 valence electrons. The van der Waals surface area contributed by atoms with Crippen molar-refractivity contribution < 1.29 is 4.79 Å². The summed E-state index contributed by atoms with van der Waals surface area (Å²) in [6.45, 7) is 0. The van der Waals surface area contributed by atoms with E-state index in [1.807, 2.05) is 60.7 Å². The van der Waals surface area contributed by atoms with Gasteiger partial charge in [0, 0.05) is 10.6 Å². The second-order valence-corrected chi connectivity index (χ2v) is 5.45. The summed E-state index contributed by atoms with van der Waals surface area (Å²) in [6.07, 6.45) is 0. The zero-order valence-electron chi connectivity index (χ0n) is 11.2. The first-order chi connectivity index (χ1) is 10.3. The third-order valence-electron chi connectivity index (χ3n) is 2.90. The van der Waals surface area contributed by atoms with E-state index in [1.54, 1.807) is 11.8 Å². The first kappa shape index (κ1) is 13.6. The molecule has 0 bridgehead atoms.